The first kappa shape index (κ1) is 25.6. The smallest absolute Gasteiger partial charge is 0.326 e. The molecule has 4 rings (SSSR count). The summed E-state index contributed by atoms with van der Waals surface area (Å²) >= 11 is 0. The molecule has 2 amide bonds. The molecular weight excluding hydrogens is 463 g/mol. The predicted molar refractivity (Wildman–Crippen MR) is 135 cm³/mol. The fourth-order valence-electron chi connectivity index (χ4n) is 4.91. The van der Waals surface area contributed by atoms with Crippen molar-refractivity contribution < 1.29 is 19.0 Å². The van der Waals surface area contributed by atoms with E-state index in [0.717, 1.165) is 16.8 Å². The lowest BCUT2D eigenvalue weighted by Gasteiger charge is -2.37. The number of anilines is 1. The number of methoxy groups -OCH3 is 1. The summed E-state index contributed by atoms with van der Waals surface area (Å²) in [6, 6.07) is 8.02. The second kappa shape index (κ2) is 11.0. The van der Waals surface area contributed by atoms with Gasteiger partial charge < -0.3 is 20.1 Å². The Balaban J connectivity index is 1.72. The minimum absolute atomic E-state index is 0.0825. The molecule has 3 heterocycles. The van der Waals surface area contributed by atoms with Crippen molar-refractivity contribution in [1.82, 2.24) is 25.4 Å². The number of aromatic nitrogens is 3. The summed E-state index contributed by atoms with van der Waals surface area (Å²) in [7, 11) is 3.33. The molecule has 3 aromatic rings. The lowest BCUT2D eigenvalue weighted by molar-refractivity contribution is 0.111. The topological polar surface area (TPSA) is 107 Å². The molecule has 0 bridgehead atoms. The molecule has 1 atom stereocenters. The first-order valence-corrected chi connectivity index (χ1v) is 12.1. The van der Waals surface area contributed by atoms with E-state index in [4.69, 9.17) is 9.72 Å². The van der Waals surface area contributed by atoms with E-state index in [1.165, 1.54) is 19.2 Å². The van der Waals surface area contributed by atoms with Crippen molar-refractivity contribution in [3.8, 4) is 16.9 Å². The molecule has 36 heavy (non-hydrogen) atoms. The average molecular weight is 497 g/mol. The highest BCUT2D eigenvalue weighted by atomic mass is 19.1. The number of urea groups is 1. The maximum absolute atomic E-state index is 14.2. The Morgan fingerprint density at radius 3 is 2.78 bits per heavy atom. The van der Waals surface area contributed by atoms with E-state index in [1.807, 2.05) is 32.3 Å². The number of nitrogens with one attached hydrogen (secondary N) is 2. The van der Waals surface area contributed by atoms with Crippen LogP contribution in [0.4, 0.5) is 15.0 Å². The highest BCUT2D eigenvalue weighted by Crippen LogP contribution is 2.37. The van der Waals surface area contributed by atoms with Crippen LogP contribution in [0.25, 0.3) is 11.1 Å². The van der Waals surface area contributed by atoms with Gasteiger partial charge in [-0.1, -0.05) is 6.92 Å². The number of nitrogens with zero attached hydrogens (tertiary/aromatic N) is 4. The fraction of sp³-hybridized carbons (Fsp3) is 0.423. The number of aliphatic hydroxyl groups excluding tert-OH is 1. The fourth-order valence-corrected chi connectivity index (χ4v) is 4.91. The molecule has 3 N–H and O–H groups in total. The van der Waals surface area contributed by atoms with Gasteiger partial charge in [-0.25, -0.2) is 14.2 Å². The maximum atomic E-state index is 14.2. The number of pyridine rings is 1. The molecule has 0 spiro atoms. The van der Waals surface area contributed by atoms with Crippen LogP contribution in [0, 0.1) is 5.82 Å². The SMILES string of the molecule is CCc1nc(N2CC(CCO)(CCNC)N(Cc3cc(F)cc(OC)c3)C2=O)ccc1-c1cn[nH]c1. The molecule has 1 aliphatic heterocycles. The quantitative estimate of drug-likeness (QED) is 0.376. The molecule has 0 radical (unpaired) electrons. The van der Waals surface area contributed by atoms with Crippen LogP contribution < -0.4 is 15.0 Å². The molecule has 9 nitrogen and oxygen atoms in total. The lowest BCUT2D eigenvalue weighted by atomic mass is 9.90. The molecular formula is C26H33FN6O3. The number of amides is 2. The monoisotopic (exact) mass is 496 g/mol. The Kier molecular flexibility index (Phi) is 7.85. The van der Waals surface area contributed by atoms with E-state index in [0.29, 0.717) is 49.5 Å². The first-order valence-electron chi connectivity index (χ1n) is 12.1. The van der Waals surface area contributed by atoms with Crippen molar-refractivity contribution in [3.05, 3.63) is 59.8 Å². The number of aromatic amines is 1. The van der Waals surface area contributed by atoms with Crippen molar-refractivity contribution in [1.29, 1.82) is 0 Å². The Bertz CT molecular complexity index is 1190. The summed E-state index contributed by atoms with van der Waals surface area (Å²) in [6.07, 6.45) is 5.25. The molecule has 0 aliphatic carbocycles. The van der Waals surface area contributed by atoms with E-state index in [2.05, 4.69) is 15.5 Å². The predicted octanol–water partition coefficient (Wildman–Crippen LogP) is 3.35. The van der Waals surface area contributed by atoms with Crippen molar-refractivity contribution in [2.45, 2.75) is 38.3 Å². The van der Waals surface area contributed by atoms with Gasteiger partial charge >= 0.3 is 6.03 Å². The molecule has 1 aromatic carbocycles. The van der Waals surface area contributed by atoms with Gasteiger partial charge in [0.2, 0.25) is 0 Å². The average Bonchev–Trinajstić information content (AvgIpc) is 3.50. The van der Waals surface area contributed by atoms with Crippen LogP contribution in [-0.2, 0) is 13.0 Å². The Morgan fingerprint density at radius 1 is 1.28 bits per heavy atom. The van der Waals surface area contributed by atoms with Crippen LogP contribution in [-0.4, -0.2) is 70.6 Å². The number of carbonyl (C=O) groups is 1. The standard InChI is InChI=1S/C26H33FN6O3/c1-4-23-22(19-14-29-30-15-19)5-6-24(31-23)32-17-26(8-10-34,7-9-28-2)33(25(32)35)16-18-11-20(27)13-21(12-18)36-3/h5-6,11-15,28,34H,4,7-10,16-17H2,1-3H3,(H,29,30). The van der Waals surface area contributed by atoms with Gasteiger partial charge in [-0.2, -0.15) is 5.10 Å². The number of aryl methyl sites for hydroxylation is 1. The molecule has 2 aromatic heterocycles. The van der Waals surface area contributed by atoms with Gasteiger partial charge in [0.1, 0.15) is 17.4 Å². The largest absolute Gasteiger partial charge is 0.497 e. The number of benzene rings is 1. The second-order valence-corrected chi connectivity index (χ2v) is 9.01. The van der Waals surface area contributed by atoms with Gasteiger partial charge in [-0.15, -0.1) is 0 Å². The summed E-state index contributed by atoms with van der Waals surface area (Å²) in [6.45, 7) is 3.13. The number of halogens is 1. The minimum Gasteiger partial charge on any atom is -0.497 e. The van der Waals surface area contributed by atoms with Crippen LogP contribution in [0.1, 0.15) is 31.0 Å². The van der Waals surface area contributed by atoms with Crippen molar-refractivity contribution in [2.75, 3.05) is 38.8 Å². The van der Waals surface area contributed by atoms with Gasteiger partial charge in [-0.3, -0.25) is 10.00 Å². The van der Waals surface area contributed by atoms with Crippen LogP contribution in [0.2, 0.25) is 0 Å². The van der Waals surface area contributed by atoms with E-state index in [9.17, 15) is 14.3 Å². The number of H-pyrrole nitrogens is 1. The maximum Gasteiger partial charge on any atom is 0.326 e. The first-order chi connectivity index (χ1) is 17.4. The molecule has 192 valence electrons. The van der Waals surface area contributed by atoms with Crippen LogP contribution in [0.3, 0.4) is 0 Å². The molecule has 1 aliphatic rings. The van der Waals surface area contributed by atoms with E-state index >= 15 is 0 Å². The molecule has 10 heteroatoms. The van der Waals surface area contributed by atoms with Crippen LogP contribution in [0.5, 0.6) is 5.75 Å². The number of aliphatic hydroxyl groups is 1. The third kappa shape index (κ3) is 5.05. The molecule has 1 unspecified atom stereocenters. The number of ether oxygens (including phenoxy) is 1. The lowest BCUT2D eigenvalue weighted by Crippen LogP contribution is -2.49. The number of hydrogen-bond acceptors (Lipinski definition) is 6. The van der Waals surface area contributed by atoms with E-state index in [-0.39, 0.29) is 19.2 Å². The third-order valence-corrected chi connectivity index (χ3v) is 6.79. The Labute approximate surface area is 210 Å². The summed E-state index contributed by atoms with van der Waals surface area (Å²) in [5.41, 5.74) is 2.71. The van der Waals surface area contributed by atoms with Gasteiger partial charge in [0.05, 0.1) is 31.1 Å². The summed E-state index contributed by atoms with van der Waals surface area (Å²) < 4.78 is 19.5. The van der Waals surface area contributed by atoms with Gasteiger partial charge in [-0.05, 0) is 62.7 Å². The zero-order chi connectivity index (χ0) is 25.7. The highest BCUT2D eigenvalue weighted by molar-refractivity contribution is 5.94. The zero-order valence-electron chi connectivity index (χ0n) is 20.9. The summed E-state index contributed by atoms with van der Waals surface area (Å²) in [4.78, 5) is 22.1. The third-order valence-electron chi connectivity index (χ3n) is 6.79. The Hall–Kier alpha value is -3.50. The van der Waals surface area contributed by atoms with Gasteiger partial charge in [0.25, 0.3) is 0 Å². The highest BCUT2D eigenvalue weighted by Gasteiger charge is 2.49. The van der Waals surface area contributed by atoms with Gasteiger partial charge in [0, 0.05) is 36.5 Å². The van der Waals surface area contributed by atoms with E-state index < -0.39 is 11.4 Å². The number of hydrogen-bond donors (Lipinski definition) is 3. The van der Waals surface area contributed by atoms with Crippen molar-refractivity contribution in [2.24, 2.45) is 0 Å². The summed E-state index contributed by atoms with van der Waals surface area (Å²) in [5, 5.41) is 20.0. The zero-order valence-corrected chi connectivity index (χ0v) is 20.9. The molecule has 1 saturated heterocycles. The summed E-state index contributed by atoms with van der Waals surface area (Å²) in [5.74, 6) is 0.510. The van der Waals surface area contributed by atoms with E-state index in [1.54, 1.807) is 22.1 Å². The normalized spacial score (nSPS) is 17.8. The minimum atomic E-state index is -0.661. The van der Waals surface area contributed by atoms with Gasteiger partial charge in [0.15, 0.2) is 0 Å². The van der Waals surface area contributed by atoms with Crippen molar-refractivity contribution in [3.63, 3.8) is 0 Å². The molecule has 0 saturated carbocycles. The van der Waals surface area contributed by atoms with Crippen LogP contribution >= 0.6 is 0 Å². The number of carbonyl (C=O) groups excluding carboxylic acids is 1. The molecule has 1 fully saturated rings. The second-order valence-electron chi connectivity index (χ2n) is 9.01. The Morgan fingerprint density at radius 2 is 2.11 bits per heavy atom. The van der Waals surface area contributed by atoms with Crippen molar-refractivity contribution >= 4 is 11.8 Å². The van der Waals surface area contributed by atoms with Crippen LogP contribution in [0.15, 0.2) is 42.7 Å². The number of rotatable bonds is 11.